The van der Waals surface area contributed by atoms with Crippen molar-refractivity contribution in [2.75, 3.05) is 0 Å². The van der Waals surface area contributed by atoms with Gasteiger partial charge in [-0.05, 0) is 12.5 Å². The average molecular weight is 224 g/mol. The van der Waals surface area contributed by atoms with Crippen LogP contribution in [0.25, 0.3) is 10.9 Å². The number of halogens is 1. The lowest BCUT2D eigenvalue weighted by atomic mass is 10.1. The number of rotatable bonds is 2. The molecule has 0 fully saturated rings. The highest BCUT2D eigenvalue weighted by Gasteiger charge is 2.10. The summed E-state index contributed by atoms with van der Waals surface area (Å²) in [5.41, 5.74) is 2.25. The third-order valence-electron chi connectivity index (χ3n) is 2.55. The molecule has 1 aromatic heterocycles. The number of hydrogen-bond donors (Lipinski definition) is 1. The zero-order chi connectivity index (χ0) is 11.0. The molecule has 0 saturated heterocycles. The average Bonchev–Trinajstić information content (AvgIpc) is 2.43. The number of hydrogen-bond acceptors (Lipinski definition) is 1. The van der Waals surface area contributed by atoms with Crippen molar-refractivity contribution in [3.05, 3.63) is 35.0 Å². The van der Waals surface area contributed by atoms with Crippen molar-refractivity contribution in [1.29, 1.82) is 0 Å². The van der Waals surface area contributed by atoms with Crippen LogP contribution < -0.4 is 0 Å². The third kappa shape index (κ3) is 1.87. The highest BCUT2D eigenvalue weighted by molar-refractivity contribution is 6.35. The molecule has 0 saturated carbocycles. The van der Waals surface area contributed by atoms with Crippen molar-refractivity contribution >= 4 is 22.5 Å². The van der Waals surface area contributed by atoms with Crippen LogP contribution >= 0.6 is 11.6 Å². The summed E-state index contributed by atoms with van der Waals surface area (Å²) in [5.74, 6) is 0. The van der Waals surface area contributed by atoms with E-state index in [0.717, 1.165) is 21.5 Å². The van der Waals surface area contributed by atoms with Crippen LogP contribution in [0.15, 0.2) is 24.4 Å². The van der Waals surface area contributed by atoms with Crippen molar-refractivity contribution in [1.82, 2.24) is 4.57 Å². The number of para-hydroxylation sites is 1. The first kappa shape index (κ1) is 10.5. The van der Waals surface area contributed by atoms with Gasteiger partial charge >= 0.3 is 0 Å². The van der Waals surface area contributed by atoms with Crippen molar-refractivity contribution in [2.45, 2.75) is 19.4 Å². The Morgan fingerprint density at radius 3 is 2.87 bits per heavy atom. The molecule has 0 aliphatic carbocycles. The molecular weight excluding hydrogens is 210 g/mol. The summed E-state index contributed by atoms with van der Waals surface area (Å²) in [6, 6.07) is 6.01. The molecule has 2 rings (SSSR count). The fraction of sp³-hybridized carbons (Fsp3) is 0.333. The minimum absolute atomic E-state index is 0.329. The Balaban J connectivity index is 2.64. The van der Waals surface area contributed by atoms with Crippen LogP contribution in [0.2, 0.25) is 5.02 Å². The molecule has 1 atom stereocenters. The van der Waals surface area contributed by atoms with E-state index in [9.17, 15) is 5.11 Å². The first-order chi connectivity index (χ1) is 7.09. The van der Waals surface area contributed by atoms with Crippen LogP contribution in [0.4, 0.5) is 0 Å². The van der Waals surface area contributed by atoms with E-state index in [-0.39, 0.29) is 6.10 Å². The fourth-order valence-electron chi connectivity index (χ4n) is 1.99. The molecule has 2 nitrogen and oxygen atoms in total. The van der Waals surface area contributed by atoms with Crippen LogP contribution in [0.1, 0.15) is 12.5 Å². The number of benzene rings is 1. The molecule has 15 heavy (non-hydrogen) atoms. The molecule has 0 bridgehead atoms. The van der Waals surface area contributed by atoms with Gasteiger partial charge in [-0.1, -0.05) is 29.8 Å². The second-order valence-electron chi connectivity index (χ2n) is 3.95. The summed E-state index contributed by atoms with van der Waals surface area (Å²) in [4.78, 5) is 0. The smallest absolute Gasteiger partial charge is 0.0661 e. The second kappa shape index (κ2) is 3.87. The van der Waals surface area contributed by atoms with Crippen molar-refractivity contribution < 1.29 is 5.11 Å². The first-order valence-corrected chi connectivity index (χ1v) is 5.38. The normalized spacial score (nSPS) is 13.3. The lowest BCUT2D eigenvalue weighted by Gasteiger charge is -2.07. The molecule has 80 valence electrons. The Morgan fingerprint density at radius 2 is 2.20 bits per heavy atom. The summed E-state index contributed by atoms with van der Waals surface area (Å²) in [5, 5.41) is 11.2. The predicted octanol–water partition coefficient (Wildman–Crippen LogP) is 2.76. The quantitative estimate of drug-likeness (QED) is 0.832. The van der Waals surface area contributed by atoms with Crippen molar-refractivity contribution in [3.63, 3.8) is 0 Å². The minimum atomic E-state index is -0.329. The molecule has 1 N–H and O–H groups in total. The van der Waals surface area contributed by atoms with Crippen LogP contribution in [-0.4, -0.2) is 15.8 Å². The summed E-state index contributed by atoms with van der Waals surface area (Å²) in [6.45, 7) is 1.80. The predicted molar refractivity (Wildman–Crippen MR) is 63.3 cm³/mol. The Bertz CT molecular complexity index is 488. The highest BCUT2D eigenvalue weighted by atomic mass is 35.5. The molecule has 1 aromatic carbocycles. The molecule has 3 heteroatoms. The molecule has 0 aliphatic rings. The van der Waals surface area contributed by atoms with Gasteiger partial charge in [0.1, 0.15) is 0 Å². The number of aryl methyl sites for hydroxylation is 1. The third-order valence-corrected chi connectivity index (χ3v) is 2.85. The van der Waals surface area contributed by atoms with Gasteiger partial charge in [0.25, 0.3) is 0 Å². The van der Waals surface area contributed by atoms with Gasteiger partial charge in [0.05, 0.1) is 16.6 Å². The maximum absolute atomic E-state index is 9.42. The van der Waals surface area contributed by atoms with Gasteiger partial charge in [-0.3, -0.25) is 0 Å². The molecule has 2 aromatic rings. The summed E-state index contributed by atoms with van der Waals surface area (Å²) >= 11 is 6.10. The molecule has 0 radical (unpaired) electrons. The monoisotopic (exact) mass is 223 g/mol. The minimum Gasteiger partial charge on any atom is -0.393 e. The second-order valence-corrected chi connectivity index (χ2v) is 4.36. The number of aromatic nitrogens is 1. The van der Waals surface area contributed by atoms with E-state index in [1.54, 1.807) is 6.92 Å². The Hall–Kier alpha value is -0.990. The van der Waals surface area contributed by atoms with Crippen molar-refractivity contribution in [3.8, 4) is 0 Å². The molecule has 1 heterocycles. The maximum atomic E-state index is 9.42. The van der Waals surface area contributed by atoms with Crippen molar-refractivity contribution in [2.24, 2.45) is 7.05 Å². The topological polar surface area (TPSA) is 25.2 Å². The lowest BCUT2D eigenvalue weighted by molar-refractivity contribution is 0.196. The van der Waals surface area contributed by atoms with Gasteiger partial charge in [0.2, 0.25) is 0 Å². The van der Waals surface area contributed by atoms with Gasteiger partial charge in [-0.15, -0.1) is 0 Å². The first-order valence-electron chi connectivity index (χ1n) is 5.00. The zero-order valence-corrected chi connectivity index (χ0v) is 9.62. The number of aliphatic hydroxyl groups is 1. The highest BCUT2D eigenvalue weighted by Crippen LogP contribution is 2.28. The SMILES string of the molecule is CC(O)Cc1cccc2c(Cl)cn(C)c12. The lowest BCUT2D eigenvalue weighted by Crippen LogP contribution is -2.05. The molecule has 0 aliphatic heterocycles. The van der Waals surface area contributed by atoms with Gasteiger partial charge in [0, 0.05) is 25.1 Å². The molecular formula is C12H14ClNO. The van der Waals surface area contributed by atoms with Crippen LogP contribution in [0.5, 0.6) is 0 Å². The van der Waals surface area contributed by atoms with E-state index < -0.39 is 0 Å². The van der Waals surface area contributed by atoms with Crippen LogP contribution in [0, 0.1) is 0 Å². The summed E-state index contributed by atoms with van der Waals surface area (Å²) < 4.78 is 2.01. The Kier molecular flexibility index (Phi) is 2.72. The van der Waals surface area contributed by atoms with Gasteiger partial charge in [-0.2, -0.15) is 0 Å². The molecule has 0 spiro atoms. The van der Waals surface area contributed by atoms with E-state index in [4.69, 9.17) is 11.6 Å². The maximum Gasteiger partial charge on any atom is 0.0661 e. The van der Waals surface area contributed by atoms with E-state index in [1.165, 1.54) is 0 Å². The van der Waals surface area contributed by atoms with Crippen LogP contribution in [-0.2, 0) is 13.5 Å². The van der Waals surface area contributed by atoms with E-state index in [0.29, 0.717) is 6.42 Å². The van der Waals surface area contributed by atoms with E-state index >= 15 is 0 Å². The number of nitrogens with zero attached hydrogens (tertiary/aromatic N) is 1. The van der Waals surface area contributed by atoms with Crippen LogP contribution in [0.3, 0.4) is 0 Å². The Labute approximate surface area is 94.1 Å². The van der Waals surface area contributed by atoms with Gasteiger partial charge in [-0.25, -0.2) is 0 Å². The molecule has 0 amide bonds. The van der Waals surface area contributed by atoms with Gasteiger partial charge < -0.3 is 9.67 Å². The largest absolute Gasteiger partial charge is 0.393 e. The Morgan fingerprint density at radius 1 is 1.47 bits per heavy atom. The number of fused-ring (bicyclic) bond motifs is 1. The van der Waals surface area contributed by atoms with E-state index in [2.05, 4.69) is 0 Å². The van der Waals surface area contributed by atoms with E-state index in [1.807, 2.05) is 36.0 Å². The number of aliphatic hydroxyl groups excluding tert-OH is 1. The standard InChI is InChI=1S/C12H14ClNO/c1-8(15)6-9-4-3-5-10-11(13)7-14(2)12(9)10/h3-5,7-8,15H,6H2,1-2H3. The zero-order valence-electron chi connectivity index (χ0n) is 8.87. The summed E-state index contributed by atoms with van der Waals surface area (Å²) in [7, 11) is 1.97. The molecule has 1 unspecified atom stereocenters. The summed E-state index contributed by atoms with van der Waals surface area (Å²) in [6.07, 6.45) is 2.23. The van der Waals surface area contributed by atoms with Gasteiger partial charge in [0.15, 0.2) is 0 Å². The fourth-order valence-corrected chi connectivity index (χ4v) is 2.29.